The maximum atomic E-state index is 16.0. The molecule has 0 unspecified atom stereocenters. The van der Waals surface area contributed by atoms with Crippen LogP contribution in [0.25, 0.3) is 10.8 Å². The van der Waals surface area contributed by atoms with Gasteiger partial charge in [0, 0.05) is 18.6 Å². The first kappa shape index (κ1) is 23.4. The lowest BCUT2D eigenvalue weighted by Gasteiger charge is -2.23. The quantitative estimate of drug-likeness (QED) is 0.533. The predicted octanol–water partition coefficient (Wildman–Crippen LogP) is 3.54. The Morgan fingerprint density at radius 3 is 2.54 bits per heavy atom. The van der Waals surface area contributed by atoms with Gasteiger partial charge in [0.05, 0.1) is 6.61 Å². The zero-order valence-electron chi connectivity index (χ0n) is 18.9. The van der Waals surface area contributed by atoms with E-state index >= 15 is 4.39 Å². The molecular weight excluding hydrogens is 475 g/mol. The number of carbonyl (C=O) groups is 1. The number of benzene rings is 3. The Bertz CT molecular complexity index is 1340. The van der Waals surface area contributed by atoms with Crippen LogP contribution in [-0.4, -0.2) is 40.7 Å². The molecule has 2 fully saturated rings. The van der Waals surface area contributed by atoms with Crippen LogP contribution in [-0.2, 0) is 26.3 Å². The molecule has 5 rings (SSSR count). The number of rotatable bonds is 7. The van der Waals surface area contributed by atoms with Crippen LogP contribution < -0.4 is 18.5 Å². The Hall–Kier alpha value is -3.37. The second kappa shape index (κ2) is 9.71. The van der Waals surface area contributed by atoms with Gasteiger partial charge < -0.3 is 14.2 Å². The molecule has 3 aromatic carbocycles. The van der Waals surface area contributed by atoms with Crippen molar-refractivity contribution in [2.24, 2.45) is 5.92 Å². The zero-order valence-corrected chi connectivity index (χ0v) is 19.7. The van der Waals surface area contributed by atoms with Crippen LogP contribution in [0.3, 0.4) is 0 Å². The molecule has 0 aliphatic carbocycles. The monoisotopic (exact) mass is 500 g/mol. The van der Waals surface area contributed by atoms with Crippen LogP contribution in [0.15, 0.2) is 54.6 Å². The number of carbonyl (C=O) groups excluding carboxylic acids is 1. The minimum absolute atomic E-state index is 0.0230. The summed E-state index contributed by atoms with van der Waals surface area (Å²) < 4.78 is 60.9. The molecule has 10 heteroatoms. The van der Waals surface area contributed by atoms with Crippen molar-refractivity contribution in [3.63, 3.8) is 0 Å². The van der Waals surface area contributed by atoms with Gasteiger partial charge in [-0.3, -0.25) is 4.79 Å². The summed E-state index contributed by atoms with van der Waals surface area (Å²) in [4.78, 5) is 11.9. The van der Waals surface area contributed by atoms with Crippen molar-refractivity contribution < 1.29 is 31.8 Å². The molecule has 1 N–H and O–H groups in total. The Morgan fingerprint density at radius 1 is 1.06 bits per heavy atom. The van der Waals surface area contributed by atoms with Gasteiger partial charge in [-0.05, 0) is 47.9 Å². The molecule has 8 nitrogen and oxygen atoms in total. The number of ether oxygens (including phenoxy) is 3. The molecule has 0 radical (unpaired) electrons. The summed E-state index contributed by atoms with van der Waals surface area (Å²) >= 11 is 0. The van der Waals surface area contributed by atoms with Crippen molar-refractivity contribution in [3.05, 3.63) is 66.0 Å². The summed E-state index contributed by atoms with van der Waals surface area (Å²) in [7, 11) is -4.25. The van der Waals surface area contributed by atoms with Crippen molar-refractivity contribution in [1.29, 1.82) is 0 Å². The Labute approximate surface area is 202 Å². The molecule has 35 heavy (non-hydrogen) atoms. The summed E-state index contributed by atoms with van der Waals surface area (Å²) in [5.74, 6) is -0.685. The highest BCUT2D eigenvalue weighted by Gasteiger charge is 2.38. The summed E-state index contributed by atoms with van der Waals surface area (Å²) in [6.45, 7) is 1.45. The molecule has 2 aliphatic heterocycles. The smallest absolute Gasteiger partial charge is 0.326 e. The highest BCUT2D eigenvalue weighted by molar-refractivity contribution is 7.92. The number of halogens is 1. The van der Waals surface area contributed by atoms with Gasteiger partial charge in [-0.1, -0.05) is 36.4 Å². The van der Waals surface area contributed by atoms with Gasteiger partial charge in [0.15, 0.2) is 5.82 Å². The fourth-order valence-electron chi connectivity index (χ4n) is 4.24. The van der Waals surface area contributed by atoms with E-state index in [9.17, 15) is 13.2 Å². The van der Waals surface area contributed by atoms with E-state index < -0.39 is 28.5 Å². The SMILES string of the molecule is O=C1CN(c2c(OCc3ccccc3)cc3ccc(OCC4CCOCC4)cc3c2F)S(=O)(=O)N1. The molecule has 0 spiro atoms. The van der Waals surface area contributed by atoms with Crippen molar-refractivity contribution >= 4 is 32.6 Å². The van der Waals surface area contributed by atoms with Crippen LogP contribution in [0, 0.1) is 11.7 Å². The Kier molecular flexibility index (Phi) is 6.48. The molecular formula is C25H25FN2O6S. The molecule has 1 amide bonds. The number of amides is 1. The summed E-state index contributed by atoms with van der Waals surface area (Å²) in [6, 6.07) is 15.8. The fourth-order valence-corrected chi connectivity index (χ4v) is 5.40. The lowest BCUT2D eigenvalue weighted by molar-refractivity contribution is -0.117. The molecule has 0 bridgehead atoms. The highest BCUT2D eigenvalue weighted by atomic mass is 32.2. The third kappa shape index (κ3) is 5.03. The van der Waals surface area contributed by atoms with Crippen LogP contribution in [0.5, 0.6) is 11.5 Å². The molecule has 0 saturated carbocycles. The third-order valence-electron chi connectivity index (χ3n) is 6.12. The first-order chi connectivity index (χ1) is 16.9. The fraction of sp³-hybridized carbons (Fsp3) is 0.320. The third-order valence-corrected chi connectivity index (χ3v) is 7.50. The van der Waals surface area contributed by atoms with Crippen LogP contribution in [0.1, 0.15) is 18.4 Å². The lowest BCUT2D eigenvalue weighted by Crippen LogP contribution is -2.30. The number of nitrogens with one attached hydrogen (secondary N) is 1. The zero-order chi connectivity index (χ0) is 24.4. The van der Waals surface area contributed by atoms with E-state index in [-0.39, 0.29) is 23.4 Å². The predicted molar refractivity (Wildman–Crippen MR) is 128 cm³/mol. The molecule has 3 aromatic rings. The van der Waals surface area contributed by atoms with Gasteiger partial charge in [0.1, 0.15) is 30.3 Å². The second-order valence-electron chi connectivity index (χ2n) is 8.60. The van der Waals surface area contributed by atoms with Gasteiger partial charge in [0.2, 0.25) is 0 Å². The van der Waals surface area contributed by atoms with Gasteiger partial charge in [0.25, 0.3) is 5.91 Å². The molecule has 2 aliphatic rings. The second-order valence-corrected chi connectivity index (χ2v) is 10.2. The van der Waals surface area contributed by atoms with Crippen molar-refractivity contribution in [1.82, 2.24) is 4.72 Å². The molecule has 2 heterocycles. The average Bonchev–Trinajstić information content (AvgIpc) is 3.14. The van der Waals surface area contributed by atoms with Gasteiger partial charge in [-0.15, -0.1) is 0 Å². The van der Waals surface area contributed by atoms with E-state index in [0.29, 0.717) is 41.2 Å². The maximum absolute atomic E-state index is 16.0. The normalized spacial score (nSPS) is 18.0. The number of hydrogen-bond acceptors (Lipinski definition) is 6. The molecule has 2 saturated heterocycles. The molecule has 184 valence electrons. The topological polar surface area (TPSA) is 94.2 Å². The molecule has 0 atom stereocenters. The number of fused-ring (bicyclic) bond motifs is 1. The number of anilines is 1. The van der Waals surface area contributed by atoms with Crippen LogP contribution >= 0.6 is 0 Å². The standard InChI is InChI=1S/C25H25FN2O6S/c26-24-21-13-20(33-15-18-8-10-32-11-9-18)7-6-19(21)12-22(34-16-17-4-2-1-3-5-17)25(24)28-14-23(29)27-35(28,30)31/h1-7,12-13,18H,8-11,14-16H2,(H,27,29). The maximum Gasteiger partial charge on any atom is 0.326 e. The van der Waals surface area contributed by atoms with E-state index in [1.807, 2.05) is 35.1 Å². The minimum Gasteiger partial charge on any atom is -0.493 e. The Morgan fingerprint density at radius 2 is 1.83 bits per heavy atom. The van der Waals surface area contributed by atoms with E-state index in [4.69, 9.17) is 14.2 Å². The van der Waals surface area contributed by atoms with E-state index in [0.717, 1.165) is 18.4 Å². The van der Waals surface area contributed by atoms with Crippen LogP contribution in [0.4, 0.5) is 10.1 Å². The van der Waals surface area contributed by atoms with Crippen molar-refractivity contribution in [2.45, 2.75) is 19.4 Å². The molecule has 0 aromatic heterocycles. The number of nitrogens with zero attached hydrogens (tertiary/aromatic N) is 1. The Balaban J connectivity index is 1.51. The van der Waals surface area contributed by atoms with E-state index in [1.165, 1.54) is 0 Å². The summed E-state index contributed by atoms with van der Waals surface area (Å²) in [6.07, 6.45) is 1.81. The average molecular weight is 501 g/mol. The van der Waals surface area contributed by atoms with Crippen molar-refractivity contribution in [2.75, 3.05) is 30.7 Å². The van der Waals surface area contributed by atoms with E-state index in [2.05, 4.69) is 0 Å². The minimum atomic E-state index is -4.25. The highest BCUT2D eigenvalue weighted by Crippen LogP contribution is 2.40. The first-order valence-corrected chi connectivity index (χ1v) is 12.8. The number of hydrogen-bond donors (Lipinski definition) is 1. The van der Waals surface area contributed by atoms with Crippen LogP contribution in [0.2, 0.25) is 0 Å². The summed E-state index contributed by atoms with van der Waals surface area (Å²) in [5.41, 5.74) is 0.516. The van der Waals surface area contributed by atoms with Gasteiger partial charge in [-0.2, -0.15) is 8.42 Å². The van der Waals surface area contributed by atoms with Gasteiger partial charge in [-0.25, -0.2) is 13.4 Å². The van der Waals surface area contributed by atoms with E-state index in [1.54, 1.807) is 24.3 Å². The summed E-state index contributed by atoms with van der Waals surface area (Å²) in [5, 5.41) is 0.690. The largest absolute Gasteiger partial charge is 0.493 e. The van der Waals surface area contributed by atoms with Crippen molar-refractivity contribution in [3.8, 4) is 11.5 Å². The first-order valence-electron chi connectivity index (χ1n) is 11.4. The lowest BCUT2D eigenvalue weighted by atomic mass is 10.0. The van der Waals surface area contributed by atoms with Gasteiger partial charge >= 0.3 is 10.2 Å².